The number of carbonyl (C=O) groups excluding carboxylic acids is 1. The van der Waals surface area contributed by atoms with Crippen LogP contribution in [0.1, 0.15) is 58.8 Å². The molecule has 0 aromatic heterocycles. The minimum absolute atomic E-state index is 0.332. The van der Waals surface area contributed by atoms with Gasteiger partial charge in [-0.2, -0.15) is 0 Å². The molecule has 1 saturated heterocycles. The molecule has 1 aliphatic heterocycles. The molecule has 2 nitrogen and oxygen atoms in total. The highest BCUT2D eigenvalue weighted by atomic mass is 16.1. The topological polar surface area (TPSA) is 20.3 Å². The van der Waals surface area contributed by atoms with E-state index < -0.39 is 0 Å². The van der Waals surface area contributed by atoms with Crippen LogP contribution >= 0.6 is 0 Å². The quantitative estimate of drug-likeness (QED) is 0.673. The summed E-state index contributed by atoms with van der Waals surface area (Å²) < 4.78 is 0. The van der Waals surface area contributed by atoms with Crippen molar-refractivity contribution < 1.29 is 4.79 Å². The summed E-state index contributed by atoms with van der Waals surface area (Å²) in [4.78, 5) is 13.5. The smallest absolute Gasteiger partial charge is 0.129 e. The van der Waals surface area contributed by atoms with E-state index in [0.29, 0.717) is 5.78 Å². The van der Waals surface area contributed by atoms with E-state index in [1.807, 2.05) is 0 Å². The van der Waals surface area contributed by atoms with Gasteiger partial charge in [0.15, 0.2) is 0 Å². The van der Waals surface area contributed by atoms with Gasteiger partial charge in [0.05, 0.1) is 0 Å². The molecule has 2 heteroatoms. The summed E-state index contributed by atoms with van der Waals surface area (Å²) in [5, 5.41) is 0. The van der Waals surface area contributed by atoms with Gasteiger partial charge in [0.2, 0.25) is 0 Å². The average Bonchev–Trinajstić information content (AvgIpc) is 2.20. The summed E-state index contributed by atoms with van der Waals surface area (Å²) in [5.74, 6) is 0.332. The van der Waals surface area contributed by atoms with Gasteiger partial charge in [-0.1, -0.05) is 19.8 Å². The Morgan fingerprint density at radius 2 is 2.20 bits per heavy atom. The van der Waals surface area contributed by atoms with Crippen molar-refractivity contribution in [2.24, 2.45) is 0 Å². The molecule has 0 aliphatic carbocycles. The van der Waals surface area contributed by atoms with Crippen LogP contribution in [0.5, 0.6) is 0 Å². The zero-order valence-corrected chi connectivity index (χ0v) is 10.3. The van der Waals surface area contributed by atoms with Gasteiger partial charge >= 0.3 is 0 Å². The zero-order valence-electron chi connectivity index (χ0n) is 10.3. The lowest BCUT2D eigenvalue weighted by atomic mass is 9.98. The number of ketones is 1. The third kappa shape index (κ3) is 4.78. The first-order chi connectivity index (χ1) is 7.24. The largest absolute Gasteiger partial charge is 0.300 e. The molecule has 0 bridgehead atoms. The number of Topliss-reactive ketones (excluding diaryl/α,β-unsaturated/α-hetero) is 1. The van der Waals surface area contributed by atoms with Gasteiger partial charge in [-0.15, -0.1) is 0 Å². The monoisotopic (exact) mass is 211 g/mol. The Kier molecular flexibility index (Phi) is 5.92. The van der Waals surface area contributed by atoms with Gasteiger partial charge < -0.3 is 9.69 Å². The SMILES string of the molecule is CCCC1CCCCN1CCCC(C)=O. The fourth-order valence-corrected chi connectivity index (χ4v) is 2.55. The minimum atomic E-state index is 0.332. The van der Waals surface area contributed by atoms with E-state index in [4.69, 9.17) is 0 Å². The first-order valence-electron chi connectivity index (χ1n) is 6.47. The summed E-state index contributed by atoms with van der Waals surface area (Å²) in [6.07, 6.45) is 8.54. The lowest BCUT2D eigenvalue weighted by Gasteiger charge is -2.35. The molecule has 1 unspecified atom stereocenters. The molecule has 1 rings (SSSR count). The van der Waals surface area contributed by atoms with Gasteiger partial charge in [0, 0.05) is 12.5 Å². The molecule has 1 atom stereocenters. The lowest BCUT2D eigenvalue weighted by molar-refractivity contribution is -0.117. The van der Waals surface area contributed by atoms with Crippen LogP contribution in [0, 0.1) is 0 Å². The maximum absolute atomic E-state index is 10.9. The highest BCUT2D eigenvalue weighted by Gasteiger charge is 2.20. The molecule has 0 aromatic rings. The number of likely N-dealkylation sites (tertiary alicyclic amines) is 1. The van der Waals surface area contributed by atoms with Gasteiger partial charge in [0.25, 0.3) is 0 Å². The van der Waals surface area contributed by atoms with Crippen LogP contribution in [-0.2, 0) is 4.79 Å². The van der Waals surface area contributed by atoms with E-state index in [-0.39, 0.29) is 0 Å². The van der Waals surface area contributed by atoms with Crippen molar-refractivity contribution in [3.05, 3.63) is 0 Å². The molecule has 1 fully saturated rings. The Bertz CT molecular complexity index is 189. The molecule has 0 aromatic carbocycles. The molecule has 0 saturated carbocycles. The van der Waals surface area contributed by atoms with Crippen molar-refractivity contribution >= 4 is 5.78 Å². The summed E-state index contributed by atoms with van der Waals surface area (Å²) in [7, 11) is 0. The summed E-state index contributed by atoms with van der Waals surface area (Å²) >= 11 is 0. The molecule has 1 aliphatic rings. The van der Waals surface area contributed by atoms with E-state index in [9.17, 15) is 4.79 Å². The fourth-order valence-electron chi connectivity index (χ4n) is 2.55. The second-order valence-corrected chi connectivity index (χ2v) is 4.78. The van der Waals surface area contributed by atoms with E-state index in [0.717, 1.165) is 25.4 Å². The maximum atomic E-state index is 10.9. The van der Waals surface area contributed by atoms with Crippen LogP contribution in [0.25, 0.3) is 0 Å². The Morgan fingerprint density at radius 3 is 2.87 bits per heavy atom. The number of nitrogens with zero attached hydrogens (tertiary/aromatic N) is 1. The lowest BCUT2D eigenvalue weighted by Crippen LogP contribution is -2.40. The summed E-state index contributed by atoms with van der Waals surface area (Å²) in [6.45, 7) is 6.34. The van der Waals surface area contributed by atoms with Crippen molar-refractivity contribution in [1.82, 2.24) is 4.90 Å². The van der Waals surface area contributed by atoms with Crippen molar-refractivity contribution in [1.29, 1.82) is 0 Å². The second-order valence-electron chi connectivity index (χ2n) is 4.78. The van der Waals surface area contributed by atoms with Gasteiger partial charge in [0.1, 0.15) is 5.78 Å². The van der Waals surface area contributed by atoms with E-state index in [1.54, 1.807) is 6.92 Å². The molecule has 0 spiro atoms. The molecule has 1 heterocycles. The van der Waals surface area contributed by atoms with E-state index in [1.165, 1.54) is 38.6 Å². The normalized spacial score (nSPS) is 22.9. The molecular weight excluding hydrogens is 186 g/mol. The first kappa shape index (κ1) is 12.7. The fraction of sp³-hybridized carbons (Fsp3) is 0.923. The number of hydrogen-bond acceptors (Lipinski definition) is 2. The van der Waals surface area contributed by atoms with Crippen LogP contribution in [0.2, 0.25) is 0 Å². The third-order valence-corrected chi connectivity index (χ3v) is 3.35. The van der Waals surface area contributed by atoms with E-state index >= 15 is 0 Å². The highest BCUT2D eigenvalue weighted by molar-refractivity contribution is 5.75. The van der Waals surface area contributed by atoms with Crippen LogP contribution in [0.4, 0.5) is 0 Å². The van der Waals surface area contributed by atoms with Gasteiger partial charge in [-0.3, -0.25) is 0 Å². The highest BCUT2D eigenvalue weighted by Crippen LogP contribution is 2.21. The molecular formula is C13H25NO. The maximum Gasteiger partial charge on any atom is 0.129 e. The molecule has 0 amide bonds. The van der Waals surface area contributed by atoms with Gasteiger partial charge in [-0.05, 0) is 45.7 Å². The Hall–Kier alpha value is -0.370. The van der Waals surface area contributed by atoms with Gasteiger partial charge in [-0.25, -0.2) is 0 Å². The summed E-state index contributed by atoms with van der Waals surface area (Å²) in [5.41, 5.74) is 0. The Morgan fingerprint density at radius 1 is 1.40 bits per heavy atom. The standard InChI is InChI=1S/C13H25NO/c1-3-7-13-9-4-5-10-14(13)11-6-8-12(2)15/h13H,3-11H2,1-2H3. The predicted molar refractivity (Wildman–Crippen MR) is 64.0 cm³/mol. The number of piperidine rings is 1. The number of hydrogen-bond donors (Lipinski definition) is 0. The van der Waals surface area contributed by atoms with Crippen molar-refractivity contribution in [3.63, 3.8) is 0 Å². The third-order valence-electron chi connectivity index (χ3n) is 3.35. The Balaban J connectivity index is 2.25. The molecule has 0 N–H and O–H groups in total. The minimum Gasteiger partial charge on any atom is -0.300 e. The predicted octanol–water partition coefficient (Wildman–Crippen LogP) is 3.01. The van der Waals surface area contributed by atoms with Crippen LogP contribution in [-0.4, -0.2) is 29.8 Å². The molecule has 88 valence electrons. The van der Waals surface area contributed by atoms with Crippen molar-refractivity contribution in [3.8, 4) is 0 Å². The first-order valence-corrected chi connectivity index (χ1v) is 6.47. The average molecular weight is 211 g/mol. The van der Waals surface area contributed by atoms with Crippen molar-refractivity contribution in [2.45, 2.75) is 64.8 Å². The number of rotatable bonds is 6. The van der Waals surface area contributed by atoms with Crippen molar-refractivity contribution in [2.75, 3.05) is 13.1 Å². The van der Waals surface area contributed by atoms with Crippen LogP contribution in [0.3, 0.4) is 0 Å². The van der Waals surface area contributed by atoms with Crippen LogP contribution < -0.4 is 0 Å². The number of carbonyl (C=O) groups is 1. The molecule has 0 radical (unpaired) electrons. The van der Waals surface area contributed by atoms with Crippen LogP contribution in [0.15, 0.2) is 0 Å². The van der Waals surface area contributed by atoms with E-state index in [2.05, 4.69) is 11.8 Å². The Labute approximate surface area is 94.0 Å². The molecule has 15 heavy (non-hydrogen) atoms. The summed E-state index contributed by atoms with van der Waals surface area (Å²) in [6, 6.07) is 0.802. The zero-order chi connectivity index (χ0) is 11.1. The second kappa shape index (κ2) is 7.00.